The van der Waals surface area contributed by atoms with Crippen LogP contribution in [0.5, 0.6) is 0 Å². The van der Waals surface area contributed by atoms with Crippen LogP contribution in [-0.2, 0) is 5.88 Å². The molecule has 2 saturated heterocycles. The Balaban J connectivity index is 1.67. The maximum Gasteiger partial charge on any atom is 0.128 e. The third-order valence-electron chi connectivity index (χ3n) is 4.46. The number of pyridine rings is 1. The Kier molecular flexibility index (Phi) is 4.69. The van der Waals surface area contributed by atoms with Crippen LogP contribution < -0.4 is 4.90 Å². The highest BCUT2D eigenvalue weighted by Crippen LogP contribution is 2.27. The van der Waals surface area contributed by atoms with Gasteiger partial charge >= 0.3 is 0 Å². The Morgan fingerprint density at radius 1 is 1.20 bits per heavy atom. The van der Waals surface area contributed by atoms with Gasteiger partial charge in [-0.2, -0.15) is 0 Å². The number of rotatable bonds is 3. The summed E-state index contributed by atoms with van der Waals surface area (Å²) in [6, 6.07) is 2.72. The van der Waals surface area contributed by atoms with Crippen molar-refractivity contribution in [1.82, 2.24) is 9.88 Å². The number of anilines is 1. The lowest BCUT2D eigenvalue weighted by atomic mass is 10.1. The van der Waals surface area contributed by atoms with E-state index in [0.29, 0.717) is 16.9 Å². The fourth-order valence-electron chi connectivity index (χ4n) is 3.27. The lowest BCUT2D eigenvalue weighted by Crippen LogP contribution is -2.40. The molecule has 0 radical (unpaired) electrons. The number of hydrogen-bond donors (Lipinski definition) is 0. The molecule has 3 rings (SSSR count). The van der Waals surface area contributed by atoms with Crippen molar-refractivity contribution in [3.63, 3.8) is 0 Å². The third kappa shape index (κ3) is 3.05. The first-order chi connectivity index (χ1) is 9.78. The lowest BCUT2D eigenvalue weighted by molar-refractivity contribution is 0.175. The second kappa shape index (κ2) is 6.50. The van der Waals surface area contributed by atoms with Crippen LogP contribution in [-0.4, -0.2) is 42.1 Å². The van der Waals surface area contributed by atoms with Crippen molar-refractivity contribution in [3.8, 4) is 0 Å². The second-order valence-corrected chi connectivity index (χ2v) is 6.43. The van der Waals surface area contributed by atoms with Crippen LogP contribution in [0.15, 0.2) is 12.3 Å². The fourth-order valence-corrected chi connectivity index (χ4v) is 3.73. The molecule has 0 amide bonds. The average Bonchev–Trinajstić information content (AvgIpc) is 2.98. The number of likely N-dealkylation sites (tertiary alicyclic amines) is 1. The van der Waals surface area contributed by atoms with Gasteiger partial charge in [0.1, 0.15) is 5.82 Å². The van der Waals surface area contributed by atoms with Crippen molar-refractivity contribution in [3.05, 3.63) is 22.8 Å². The van der Waals surface area contributed by atoms with E-state index in [4.69, 9.17) is 23.2 Å². The molecule has 3 heterocycles. The van der Waals surface area contributed by atoms with Crippen LogP contribution in [0.3, 0.4) is 0 Å². The summed E-state index contributed by atoms with van der Waals surface area (Å²) in [5.41, 5.74) is 0.972. The van der Waals surface area contributed by atoms with Gasteiger partial charge in [0.2, 0.25) is 0 Å². The van der Waals surface area contributed by atoms with Crippen molar-refractivity contribution in [2.45, 2.75) is 37.6 Å². The molecule has 0 aromatic carbocycles. The maximum atomic E-state index is 6.08. The topological polar surface area (TPSA) is 19.4 Å². The molecule has 2 fully saturated rings. The summed E-state index contributed by atoms with van der Waals surface area (Å²) in [4.78, 5) is 9.49. The van der Waals surface area contributed by atoms with Gasteiger partial charge in [-0.25, -0.2) is 4.98 Å². The molecular formula is C15H21Cl2N3. The fraction of sp³-hybridized carbons (Fsp3) is 0.667. The predicted molar refractivity (Wildman–Crippen MR) is 84.8 cm³/mol. The molecule has 110 valence electrons. The van der Waals surface area contributed by atoms with Crippen LogP contribution in [0.1, 0.15) is 31.2 Å². The molecule has 5 heteroatoms. The highest BCUT2D eigenvalue weighted by atomic mass is 35.5. The van der Waals surface area contributed by atoms with Crippen LogP contribution in [0, 0.1) is 0 Å². The van der Waals surface area contributed by atoms with E-state index >= 15 is 0 Å². The number of aromatic nitrogens is 1. The van der Waals surface area contributed by atoms with Crippen molar-refractivity contribution in [2.24, 2.45) is 0 Å². The molecule has 0 N–H and O–H groups in total. The Morgan fingerprint density at radius 3 is 2.75 bits per heavy atom. The zero-order valence-corrected chi connectivity index (χ0v) is 13.2. The molecule has 1 unspecified atom stereocenters. The number of halogens is 2. The molecule has 2 aliphatic heterocycles. The van der Waals surface area contributed by atoms with Crippen LogP contribution in [0.2, 0.25) is 5.02 Å². The van der Waals surface area contributed by atoms with Crippen molar-refractivity contribution in [2.75, 3.05) is 31.1 Å². The molecule has 1 atom stereocenters. The third-order valence-corrected chi connectivity index (χ3v) is 5.09. The Morgan fingerprint density at radius 2 is 2.00 bits per heavy atom. The van der Waals surface area contributed by atoms with Crippen molar-refractivity contribution in [1.29, 1.82) is 0 Å². The van der Waals surface area contributed by atoms with E-state index in [-0.39, 0.29) is 0 Å². The normalized spacial score (nSPS) is 24.3. The minimum atomic E-state index is 0.442. The quantitative estimate of drug-likeness (QED) is 0.796. The largest absolute Gasteiger partial charge is 0.355 e. The Labute approximate surface area is 130 Å². The van der Waals surface area contributed by atoms with E-state index in [1.807, 2.05) is 6.07 Å². The summed E-state index contributed by atoms with van der Waals surface area (Å²) in [7, 11) is 0. The van der Waals surface area contributed by atoms with Gasteiger partial charge in [-0.1, -0.05) is 18.0 Å². The van der Waals surface area contributed by atoms with E-state index in [2.05, 4.69) is 14.8 Å². The van der Waals surface area contributed by atoms with Crippen molar-refractivity contribution < 1.29 is 0 Å². The van der Waals surface area contributed by atoms with Gasteiger partial charge in [0, 0.05) is 31.2 Å². The van der Waals surface area contributed by atoms with E-state index in [0.717, 1.165) is 24.5 Å². The molecule has 0 saturated carbocycles. The molecule has 0 spiro atoms. The van der Waals surface area contributed by atoms with Gasteiger partial charge in [0.05, 0.1) is 5.02 Å². The van der Waals surface area contributed by atoms with Crippen molar-refractivity contribution >= 4 is 29.0 Å². The van der Waals surface area contributed by atoms with Crippen LogP contribution in [0.4, 0.5) is 5.82 Å². The first-order valence-corrected chi connectivity index (χ1v) is 8.38. The molecular weight excluding hydrogens is 293 g/mol. The van der Waals surface area contributed by atoms with E-state index in [1.54, 1.807) is 6.20 Å². The summed E-state index contributed by atoms with van der Waals surface area (Å²) in [6.07, 6.45) is 7.06. The summed E-state index contributed by atoms with van der Waals surface area (Å²) in [6.45, 7) is 4.69. The zero-order chi connectivity index (χ0) is 13.9. The van der Waals surface area contributed by atoms with Gasteiger partial charge < -0.3 is 4.90 Å². The van der Waals surface area contributed by atoms with Gasteiger partial charge in [-0.15, -0.1) is 11.6 Å². The summed E-state index contributed by atoms with van der Waals surface area (Å²) >= 11 is 12.0. The molecule has 3 nitrogen and oxygen atoms in total. The first-order valence-electron chi connectivity index (χ1n) is 7.47. The van der Waals surface area contributed by atoms with Gasteiger partial charge in [-0.3, -0.25) is 4.90 Å². The smallest absolute Gasteiger partial charge is 0.128 e. The second-order valence-electron chi connectivity index (χ2n) is 5.75. The summed E-state index contributed by atoms with van der Waals surface area (Å²) in [5, 5.41) is 0.663. The zero-order valence-electron chi connectivity index (χ0n) is 11.7. The Hall–Kier alpha value is -0.510. The highest BCUT2D eigenvalue weighted by molar-refractivity contribution is 6.32. The molecule has 1 aromatic heterocycles. The number of nitrogens with zero attached hydrogens (tertiary/aromatic N) is 3. The number of piperidine rings is 1. The summed E-state index contributed by atoms with van der Waals surface area (Å²) < 4.78 is 0. The van der Waals surface area contributed by atoms with Gasteiger partial charge in [-0.05, 0) is 44.0 Å². The molecule has 0 bridgehead atoms. The standard InChI is InChI=1S/C15H21Cl2N3/c16-9-12-8-15(18-10-14(12)17)20-7-4-13(11-20)19-5-2-1-3-6-19/h8,10,13H,1-7,9,11H2. The van der Waals surface area contributed by atoms with E-state index in [9.17, 15) is 0 Å². The first kappa shape index (κ1) is 14.4. The monoisotopic (exact) mass is 313 g/mol. The van der Waals surface area contributed by atoms with Gasteiger partial charge in [0.15, 0.2) is 0 Å². The average molecular weight is 314 g/mol. The minimum Gasteiger partial charge on any atom is -0.355 e. The maximum absolute atomic E-state index is 6.08. The number of alkyl halides is 1. The van der Waals surface area contributed by atoms with E-state index in [1.165, 1.54) is 38.8 Å². The highest BCUT2D eigenvalue weighted by Gasteiger charge is 2.29. The summed E-state index contributed by atoms with van der Waals surface area (Å²) in [5.74, 6) is 1.46. The van der Waals surface area contributed by atoms with Crippen LogP contribution >= 0.6 is 23.2 Å². The SMILES string of the molecule is ClCc1cc(N2CCC(N3CCCCC3)C2)ncc1Cl. The minimum absolute atomic E-state index is 0.442. The predicted octanol–water partition coefficient (Wildman–Crippen LogP) is 3.54. The molecule has 1 aromatic rings. The Bertz CT molecular complexity index is 460. The molecule has 20 heavy (non-hydrogen) atoms. The number of hydrogen-bond acceptors (Lipinski definition) is 3. The van der Waals surface area contributed by atoms with Gasteiger partial charge in [0.25, 0.3) is 0 Å². The lowest BCUT2D eigenvalue weighted by Gasteiger charge is -2.32. The van der Waals surface area contributed by atoms with E-state index < -0.39 is 0 Å². The molecule has 2 aliphatic rings. The van der Waals surface area contributed by atoms with Crippen LogP contribution in [0.25, 0.3) is 0 Å². The molecule has 0 aliphatic carbocycles.